The third kappa shape index (κ3) is 15.5. The molecule has 4 amide bonds. The fraction of sp³-hybridized carbons (Fsp3) is 0.281. The lowest BCUT2D eigenvalue weighted by molar-refractivity contribution is -0.147. The van der Waals surface area contributed by atoms with E-state index in [2.05, 4.69) is 30.7 Å². The number of aliphatic carboxylic acids is 1. The van der Waals surface area contributed by atoms with Crippen LogP contribution in [0.3, 0.4) is 0 Å². The molecular weight excluding hydrogens is 1040 g/mol. The Hall–Kier alpha value is -8.69. The van der Waals surface area contributed by atoms with Gasteiger partial charge in [-0.05, 0) is 91.3 Å². The summed E-state index contributed by atoms with van der Waals surface area (Å²) in [6.45, 7) is 9.15. The second-order valence-electron chi connectivity index (χ2n) is 18.6. The zero-order chi connectivity index (χ0) is 56.7. The number of anilines is 2. The number of ether oxygens (including phenoxy) is 5. The van der Waals surface area contributed by atoms with Gasteiger partial charge in [-0.1, -0.05) is 97.1 Å². The van der Waals surface area contributed by atoms with Crippen LogP contribution in [-0.4, -0.2) is 105 Å². The number of hydrogen-bond donors (Lipinski definition) is 5. The number of methoxy groups -OCH3 is 2. The van der Waals surface area contributed by atoms with Crippen LogP contribution in [0.5, 0.6) is 0 Å². The molecule has 0 aliphatic heterocycles. The molecule has 2 aliphatic carbocycles. The number of benzene rings is 4. The van der Waals surface area contributed by atoms with Crippen LogP contribution in [-0.2, 0) is 42.9 Å². The van der Waals surface area contributed by atoms with E-state index in [1.165, 1.54) is 29.8 Å². The molecule has 0 saturated heterocycles. The lowest BCUT2D eigenvalue weighted by Gasteiger charge is -2.19. The number of carbonyl (C=O) groups is 9. The van der Waals surface area contributed by atoms with Crippen molar-refractivity contribution in [1.82, 2.24) is 10.6 Å². The third-order valence-corrected chi connectivity index (χ3v) is 13.9. The number of carboxylic acids is 1. The van der Waals surface area contributed by atoms with Crippen LogP contribution in [0.15, 0.2) is 109 Å². The van der Waals surface area contributed by atoms with Crippen molar-refractivity contribution in [3.63, 3.8) is 0 Å². The number of carbonyl (C=O) groups excluding carboxylic acids is 8. The zero-order valence-corrected chi connectivity index (χ0v) is 45.3. The Morgan fingerprint density at radius 1 is 0.564 bits per heavy atom. The Balaban J connectivity index is 0.000000203. The monoisotopic (exact) mass is 1100 g/mol. The molecule has 6 aromatic rings. The molecule has 0 saturated carbocycles. The summed E-state index contributed by atoms with van der Waals surface area (Å²) in [6, 6.07) is 32.4. The number of amides is 4. The summed E-state index contributed by atoms with van der Waals surface area (Å²) in [5.74, 6) is -3.69. The van der Waals surface area contributed by atoms with Crippen LogP contribution in [0.2, 0.25) is 0 Å². The number of aldehydes is 2. The number of aryl methyl sites for hydroxylation is 2. The van der Waals surface area contributed by atoms with Crippen molar-refractivity contribution in [2.45, 2.75) is 77.0 Å². The Morgan fingerprint density at radius 3 is 1.28 bits per heavy atom. The topological polar surface area (TPSA) is 268 Å². The van der Waals surface area contributed by atoms with E-state index in [9.17, 15) is 43.2 Å². The molecule has 2 aliphatic rings. The van der Waals surface area contributed by atoms with Crippen LogP contribution in [0.25, 0.3) is 22.3 Å². The van der Waals surface area contributed by atoms with E-state index < -0.39 is 72.6 Å². The van der Waals surface area contributed by atoms with Crippen molar-refractivity contribution < 1.29 is 71.9 Å². The van der Waals surface area contributed by atoms with Crippen molar-refractivity contribution in [3.8, 4) is 22.3 Å². The Labute approximate surface area is 457 Å². The summed E-state index contributed by atoms with van der Waals surface area (Å²) in [5, 5.41) is 19.8. The summed E-state index contributed by atoms with van der Waals surface area (Å²) in [4.78, 5) is 107. The van der Waals surface area contributed by atoms with Gasteiger partial charge >= 0.3 is 36.2 Å². The fourth-order valence-electron chi connectivity index (χ4n) is 8.51. The fourth-order valence-corrected chi connectivity index (χ4v) is 10.3. The highest BCUT2D eigenvalue weighted by Gasteiger charge is 2.33. The zero-order valence-electron chi connectivity index (χ0n) is 43.7. The Kier molecular flexibility index (Phi) is 20.2. The average Bonchev–Trinajstić information content (AvgIpc) is 4.36. The second kappa shape index (κ2) is 26.9. The molecule has 0 spiro atoms. The van der Waals surface area contributed by atoms with Gasteiger partial charge < -0.3 is 44.7 Å². The molecule has 2 heterocycles. The number of carboxylic acid groups (broad SMARTS) is 1. The molecule has 78 heavy (non-hydrogen) atoms. The van der Waals surface area contributed by atoms with E-state index in [1.807, 2.05) is 104 Å². The smallest absolute Gasteiger partial charge is 0.412 e. The molecule has 408 valence electrons. The van der Waals surface area contributed by atoms with Gasteiger partial charge in [-0.2, -0.15) is 0 Å². The number of esters is 2. The number of fused-ring (bicyclic) bond motifs is 6. The third-order valence-electron chi connectivity index (χ3n) is 12.0. The van der Waals surface area contributed by atoms with Crippen molar-refractivity contribution in [2.75, 3.05) is 38.1 Å². The van der Waals surface area contributed by atoms with Crippen molar-refractivity contribution in [3.05, 3.63) is 152 Å². The first-order chi connectivity index (χ1) is 37.2. The maximum absolute atomic E-state index is 12.9. The first-order valence-electron chi connectivity index (χ1n) is 24.2. The largest absolute Gasteiger partial charge is 0.480 e. The van der Waals surface area contributed by atoms with Gasteiger partial charge in [0.1, 0.15) is 40.9 Å². The lowest BCUT2D eigenvalue weighted by Crippen LogP contribution is -2.45. The minimum atomic E-state index is -1.41. The molecule has 2 aromatic heterocycles. The normalized spacial score (nSPS) is 12.6. The molecular formula is C57H58N4O15S2. The number of thiophene rings is 2. The number of hydrogen-bond acceptors (Lipinski definition) is 16. The molecule has 0 fully saturated rings. The molecule has 0 radical (unpaired) electrons. The molecule has 5 N–H and O–H groups in total. The van der Waals surface area contributed by atoms with E-state index in [1.54, 1.807) is 39.8 Å². The molecule has 4 aromatic carbocycles. The first kappa shape index (κ1) is 58.6. The lowest BCUT2D eigenvalue weighted by atomic mass is 9.98. The van der Waals surface area contributed by atoms with E-state index in [0.29, 0.717) is 27.4 Å². The molecule has 8 rings (SSSR count). The van der Waals surface area contributed by atoms with Crippen molar-refractivity contribution in [1.29, 1.82) is 0 Å². The summed E-state index contributed by atoms with van der Waals surface area (Å²) in [6.07, 6.45) is -1.80. The van der Waals surface area contributed by atoms with Gasteiger partial charge in [0, 0.05) is 32.7 Å². The highest BCUT2D eigenvalue weighted by Crippen LogP contribution is 2.46. The standard InChI is InChI=1S/C26H24N2O6S.C20H19NO6.C11H15NO3S/c1-15-11-16(13-29)25(35-15)28-24(31)22(12-23(30)33-2)27-26(32)34-14-21-19-9-5-3-7-17(19)18-8-4-6-10-20(18)21;1-26-18(22)10-17(19(23)24)21-20(25)27-11-16-14-8-4-2-6-12(14)13-7-3-5-9-15(13)16;1-7-5-8(6-13)9(16-7)12-10(14)15-11(2,3)4/h3-11,13,21-22H,12,14H2,1-2H3,(H,27,32)(H,28,31);2-9,16-17H,10-11H2,1H3,(H,21,25)(H,23,24);5-6H,1-4H3,(H,12,14)/t22-;17-;/m00./s1. The van der Waals surface area contributed by atoms with Gasteiger partial charge in [-0.25, -0.2) is 19.2 Å². The Morgan fingerprint density at radius 2 is 0.923 bits per heavy atom. The van der Waals surface area contributed by atoms with Crippen LogP contribution in [0.4, 0.5) is 24.4 Å². The van der Waals surface area contributed by atoms with Crippen LogP contribution in [0.1, 0.15) is 98.2 Å². The van der Waals surface area contributed by atoms with E-state index in [4.69, 9.17) is 19.3 Å². The highest BCUT2D eigenvalue weighted by molar-refractivity contribution is 7.17. The predicted octanol–water partition coefficient (Wildman–Crippen LogP) is 10.0. The molecule has 0 bridgehead atoms. The highest BCUT2D eigenvalue weighted by atomic mass is 32.1. The maximum Gasteiger partial charge on any atom is 0.412 e. The molecule has 19 nitrogen and oxygen atoms in total. The van der Waals surface area contributed by atoms with Crippen LogP contribution < -0.4 is 21.3 Å². The van der Waals surface area contributed by atoms with E-state index >= 15 is 0 Å². The van der Waals surface area contributed by atoms with Gasteiger partial charge in [-0.15, -0.1) is 22.7 Å². The second-order valence-corrected chi connectivity index (χ2v) is 21.1. The number of rotatable bonds is 16. The van der Waals surface area contributed by atoms with E-state index in [-0.39, 0.29) is 25.0 Å². The maximum atomic E-state index is 12.9. The summed E-state index contributed by atoms with van der Waals surface area (Å²) >= 11 is 2.57. The predicted molar refractivity (Wildman–Crippen MR) is 292 cm³/mol. The molecule has 2 atom stereocenters. The van der Waals surface area contributed by atoms with E-state index in [0.717, 1.165) is 67.7 Å². The number of nitrogens with one attached hydrogen (secondary N) is 4. The Bertz CT molecular complexity index is 3110. The van der Waals surface area contributed by atoms with Crippen LogP contribution >= 0.6 is 22.7 Å². The van der Waals surface area contributed by atoms with Gasteiger partial charge in [0.05, 0.1) is 27.1 Å². The quantitative estimate of drug-likeness (QED) is 0.0343. The summed E-state index contributed by atoms with van der Waals surface area (Å²) < 4.78 is 25.0. The molecule has 0 unspecified atom stereocenters. The van der Waals surface area contributed by atoms with Gasteiger partial charge in [0.15, 0.2) is 12.6 Å². The average molecular weight is 1100 g/mol. The van der Waals surface area contributed by atoms with Gasteiger partial charge in [-0.3, -0.25) is 29.3 Å². The van der Waals surface area contributed by atoms with Crippen molar-refractivity contribution >= 4 is 87.3 Å². The van der Waals surface area contributed by atoms with Gasteiger partial charge in [0.25, 0.3) is 0 Å². The number of alkyl carbamates (subject to hydrolysis) is 2. The molecule has 21 heteroatoms. The SMILES string of the molecule is COC(=O)C[C@H](NC(=O)OCC1c2ccccc2-c2ccccc21)C(=O)Nc1sc(C)cc1C=O.COC(=O)C[C@H](NC(=O)OCC1c2ccccc2-c2ccccc21)C(=O)O.Cc1cc(C=O)c(NC(=O)OC(C)(C)C)s1. The first-order valence-corrected chi connectivity index (χ1v) is 25.9. The van der Waals surface area contributed by atoms with Crippen LogP contribution in [0, 0.1) is 13.8 Å². The van der Waals surface area contributed by atoms with Crippen molar-refractivity contribution in [2.24, 2.45) is 0 Å². The minimum absolute atomic E-state index is 0.0599. The summed E-state index contributed by atoms with van der Waals surface area (Å²) in [5.41, 5.74) is 8.85. The summed E-state index contributed by atoms with van der Waals surface area (Å²) in [7, 11) is 2.34. The van der Waals surface area contributed by atoms with Gasteiger partial charge in [0.2, 0.25) is 5.91 Å². The minimum Gasteiger partial charge on any atom is -0.480 e.